The van der Waals surface area contributed by atoms with Crippen molar-refractivity contribution in [2.24, 2.45) is 0 Å². The number of fused-ring (bicyclic) bond motifs is 6. The third kappa shape index (κ3) is 3.94. The van der Waals surface area contributed by atoms with Crippen molar-refractivity contribution >= 4 is 75.4 Å². The Kier molecular flexibility index (Phi) is 5.76. The lowest BCUT2D eigenvalue weighted by atomic mass is 9.79. The molecule has 0 aliphatic carbocycles. The van der Waals surface area contributed by atoms with Gasteiger partial charge in [-0.05, 0) is 127 Å². The van der Waals surface area contributed by atoms with Crippen molar-refractivity contribution in [1.82, 2.24) is 0 Å². The molecule has 0 saturated heterocycles. The van der Waals surface area contributed by atoms with Gasteiger partial charge in [-0.2, -0.15) is 0 Å². The summed E-state index contributed by atoms with van der Waals surface area (Å²) in [6.07, 6.45) is 0. The van der Waals surface area contributed by atoms with Crippen molar-refractivity contribution in [1.29, 1.82) is 0 Å². The van der Waals surface area contributed by atoms with Crippen LogP contribution < -0.4 is 0 Å². The van der Waals surface area contributed by atoms with Crippen LogP contribution in [0.3, 0.4) is 0 Å². The molecule has 0 nitrogen and oxygen atoms in total. The molecule has 0 aliphatic heterocycles. The molecule has 0 radical (unpaired) electrons. The molecule has 0 saturated carbocycles. The number of hydrogen-bond donors (Lipinski definition) is 0. The zero-order valence-electron chi connectivity index (χ0n) is 27.3. The first-order chi connectivity index (χ1) is 24.8. The lowest BCUT2D eigenvalue weighted by Gasteiger charge is -2.23. The van der Waals surface area contributed by atoms with Crippen molar-refractivity contribution in [3.05, 3.63) is 182 Å². The molecule has 230 valence electrons. The van der Waals surface area contributed by atoms with Gasteiger partial charge in [0.1, 0.15) is 0 Å². The SMILES string of the molecule is c1ccc(-c2ccc3c(-c4ccc5ccccc5c4)c4c5cccc6ccc7cccc(c4c(-c4ccc8ccccc8c4)c3c2)c7c65)cc1. The van der Waals surface area contributed by atoms with Crippen molar-refractivity contribution in [3.8, 4) is 33.4 Å². The average molecular weight is 631 g/mol. The van der Waals surface area contributed by atoms with Crippen molar-refractivity contribution in [3.63, 3.8) is 0 Å². The predicted molar refractivity (Wildman–Crippen MR) is 216 cm³/mol. The van der Waals surface area contributed by atoms with Gasteiger partial charge >= 0.3 is 0 Å². The van der Waals surface area contributed by atoms with E-state index >= 15 is 0 Å². The third-order valence-electron chi connectivity index (χ3n) is 10.9. The van der Waals surface area contributed by atoms with Crippen LogP contribution in [-0.4, -0.2) is 0 Å². The summed E-state index contributed by atoms with van der Waals surface area (Å²) in [4.78, 5) is 0. The molecule has 0 bridgehead atoms. The van der Waals surface area contributed by atoms with Crippen LogP contribution in [0, 0.1) is 0 Å². The summed E-state index contributed by atoms with van der Waals surface area (Å²) in [6, 6.07) is 67.8. The molecular weight excluding hydrogens is 601 g/mol. The fraction of sp³-hybridized carbons (Fsp3) is 0. The highest BCUT2D eigenvalue weighted by Gasteiger charge is 2.24. The van der Waals surface area contributed by atoms with Gasteiger partial charge < -0.3 is 0 Å². The molecule has 0 spiro atoms. The Morgan fingerprint density at radius 2 is 0.660 bits per heavy atom. The maximum atomic E-state index is 2.45. The van der Waals surface area contributed by atoms with Crippen molar-refractivity contribution in [2.45, 2.75) is 0 Å². The molecule has 11 aromatic rings. The Balaban J connectivity index is 1.43. The molecule has 0 unspecified atom stereocenters. The number of rotatable bonds is 3. The second-order valence-corrected chi connectivity index (χ2v) is 13.6. The lowest BCUT2D eigenvalue weighted by molar-refractivity contribution is 1.64. The minimum absolute atomic E-state index is 1.22. The minimum atomic E-state index is 1.22. The topological polar surface area (TPSA) is 0 Å². The van der Waals surface area contributed by atoms with E-state index in [9.17, 15) is 0 Å². The van der Waals surface area contributed by atoms with Gasteiger partial charge in [0.15, 0.2) is 0 Å². The Hall–Kier alpha value is -6.50. The Bertz CT molecular complexity index is 3130. The van der Waals surface area contributed by atoms with Crippen LogP contribution in [0.2, 0.25) is 0 Å². The maximum absolute atomic E-state index is 2.45. The van der Waals surface area contributed by atoms with Gasteiger partial charge in [-0.15, -0.1) is 0 Å². The fourth-order valence-corrected chi connectivity index (χ4v) is 8.70. The third-order valence-corrected chi connectivity index (χ3v) is 10.9. The molecule has 0 atom stereocenters. The summed E-state index contributed by atoms with van der Waals surface area (Å²) in [7, 11) is 0. The first-order valence-corrected chi connectivity index (χ1v) is 17.4. The predicted octanol–water partition coefficient (Wildman–Crippen LogP) is 14.2. The van der Waals surface area contributed by atoms with Crippen LogP contribution in [0.25, 0.3) is 109 Å². The van der Waals surface area contributed by atoms with Gasteiger partial charge in [0, 0.05) is 0 Å². The fourth-order valence-electron chi connectivity index (χ4n) is 8.70. The highest BCUT2D eigenvalue weighted by molar-refractivity contribution is 6.41. The molecule has 0 heteroatoms. The molecule has 0 N–H and O–H groups in total. The van der Waals surface area contributed by atoms with Crippen molar-refractivity contribution < 1.29 is 0 Å². The summed E-state index contributed by atoms with van der Waals surface area (Å²) in [5.74, 6) is 0. The van der Waals surface area contributed by atoms with E-state index < -0.39 is 0 Å². The number of benzene rings is 11. The van der Waals surface area contributed by atoms with Crippen molar-refractivity contribution in [2.75, 3.05) is 0 Å². The Labute approximate surface area is 289 Å². The maximum Gasteiger partial charge on any atom is -0.000741 e. The van der Waals surface area contributed by atoms with Crippen LogP contribution >= 0.6 is 0 Å². The van der Waals surface area contributed by atoms with Crippen LogP contribution in [0.4, 0.5) is 0 Å². The largest absolute Gasteiger partial charge is 0.0622 e. The zero-order valence-corrected chi connectivity index (χ0v) is 27.3. The molecule has 50 heavy (non-hydrogen) atoms. The summed E-state index contributed by atoms with van der Waals surface area (Å²) >= 11 is 0. The van der Waals surface area contributed by atoms with E-state index in [-0.39, 0.29) is 0 Å². The van der Waals surface area contributed by atoms with Gasteiger partial charge in [-0.3, -0.25) is 0 Å². The van der Waals surface area contributed by atoms with E-state index in [0.29, 0.717) is 0 Å². The zero-order chi connectivity index (χ0) is 32.8. The first kappa shape index (κ1) is 27.5. The van der Waals surface area contributed by atoms with E-state index in [2.05, 4.69) is 182 Å². The molecule has 11 aromatic carbocycles. The van der Waals surface area contributed by atoms with Crippen LogP contribution in [0.15, 0.2) is 182 Å². The van der Waals surface area contributed by atoms with Gasteiger partial charge in [-0.1, -0.05) is 164 Å². The second kappa shape index (κ2) is 10.5. The highest BCUT2D eigenvalue weighted by atomic mass is 14.3. The normalized spacial score (nSPS) is 12.0. The quantitative estimate of drug-likeness (QED) is 0.135. The lowest BCUT2D eigenvalue weighted by Crippen LogP contribution is -1.95. The standard InChI is InChI=1S/C50H30/c1-2-10-31(11-3-1)38-26-27-41-44(30-38)48(40-25-21-33-13-5-7-15-37(33)29-40)50-43-19-9-17-35-23-22-34-16-8-18-42(45(34)46(35)43)49(50)47(41)39-24-20-32-12-4-6-14-36(32)28-39/h1-30H. The van der Waals surface area contributed by atoms with E-state index in [1.54, 1.807) is 0 Å². The summed E-state index contributed by atoms with van der Waals surface area (Å²) in [5, 5.41) is 18.1. The Morgan fingerprint density at radius 1 is 0.200 bits per heavy atom. The monoisotopic (exact) mass is 630 g/mol. The van der Waals surface area contributed by atoms with Crippen LogP contribution in [-0.2, 0) is 0 Å². The van der Waals surface area contributed by atoms with Crippen LogP contribution in [0.5, 0.6) is 0 Å². The minimum Gasteiger partial charge on any atom is -0.0622 e. The first-order valence-electron chi connectivity index (χ1n) is 17.4. The van der Waals surface area contributed by atoms with Gasteiger partial charge in [0.2, 0.25) is 0 Å². The smallest absolute Gasteiger partial charge is 0.000741 e. The summed E-state index contributed by atoms with van der Waals surface area (Å²) in [6.45, 7) is 0. The van der Waals surface area contributed by atoms with E-state index in [0.717, 1.165) is 0 Å². The molecule has 0 heterocycles. The van der Waals surface area contributed by atoms with E-state index in [1.807, 2.05) is 0 Å². The van der Waals surface area contributed by atoms with Gasteiger partial charge in [-0.25, -0.2) is 0 Å². The van der Waals surface area contributed by atoms with Gasteiger partial charge in [0.25, 0.3) is 0 Å². The van der Waals surface area contributed by atoms with E-state index in [1.165, 1.54) is 109 Å². The molecule has 0 aliphatic rings. The molecule has 11 rings (SSSR count). The molecule has 0 amide bonds. The highest BCUT2D eigenvalue weighted by Crippen LogP contribution is 2.52. The summed E-state index contributed by atoms with van der Waals surface area (Å²) in [5.41, 5.74) is 7.52. The van der Waals surface area contributed by atoms with Crippen LogP contribution in [0.1, 0.15) is 0 Å². The number of hydrogen-bond acceptors (Lipinski definition) is 0. The second-order valence-electron chi connectivity index (χ2n) is 13.6. The van der Waals surface area contributed by atoms with Gasteiger partial charge in [0.05, 0.1) is 0 Å². The van der Waals surface area contributed by atoms with E-state index in [4.69, 9.17) is 0 Å². The average Bonchev–Trinajstić information content (AvgIpc) is 3.19. The molecule has 0 fully saturated rings. The Morgan fingerprint density at radius 3 is 1.24 bits per heavy atom. The molecule has 0 aromatic heterocycles. The summed E-state index contributed by atoms with van der Waals surface area (Å²) < 4.78 is 0. The molecular formula is C50H30.